The molecule has 2 unspecified atom stereocenters. The number of nitrogens with two attached hydrogens (primary N) is 1. The zero-order valence-corrected chi connectivity index (χ0v) is 14.0. The minimum atomic E-state index is -0.880. The van der Waals surface area contributed by atoms with E-state index in [0.717, 1.165) is 24.0 Å². The zero-order chi connectivity index (χ0) is 17.4. The fourth-order valence-electron chi connectivity index (χ4n) is 2.50. The summed E-state index contributed by atoms with van der Waals surface area (Å²) in [4.78, 5) is 11.6. The fourth-order valence-corrected chi connectivity index (χ4v) is 2.50. The Morgan fingerprint density at radius 2 is 2.17 bits per heavy atom. The highest BCUT2D eigenvalue weighted by Crippen LogP contribution is 2.26. The van der Waals surface area contributed by atoms with Gasteiger partial charge < -0.3 is 9.84 Å². The third-order valence-electron chi connectivity index (χ3n) is 3.99. The monoisotopic (exact) mass is 327 g/mol. The summed E-state index contributed by atoms with van der Waals surface area (Å²) in [5, 5.41) is 9.52. The molecule has 128 valence electrons. The first-order valence-electron chi connectivity index (χ1n) is 8.32. The van der Waals surface area contributed by atoms with Crippen LogP contribution in [-0.2, 0) is 9.53 Å². The maximum absolute atomic E-state index is 11.6. The normalized spacial score (nSPS) is 21.7. The van der Waals surface area contributed by atoms with Crippen LogP contribution in [0.15, 0.2) is 60.2 Å². The van der Waals surface area contributed by atoms with Crippen LogP contribution in [0.5, 0.6) is 0 Å². The van der Waals surface area contributed by atoms with Gasteiger partial charge in [0.05, 0.1) is 5.92 Å². The van der Waals surface area contributed by atoms with Crippen LogP contribution in [0.1, 0.15) is 31.7 Å². The van der Waals surface area contributed by atoms with E-state index in [1.807, 2.05) is 42.5 Å². The Morgan fingerprint density at radius 3 is 2.75 bits per heavy atom. The maximum atomic E-state index is 11.6. The number of allylic oxidation sites excluding steroid dienone is 1. The topological polar surface area (TPSA) is 72.5 Å². The third-order valence-corrected chi connectivity index (χ3v) is 3.99. The number of aliphatic carboxylic acids is 1. The van der Waals surface area contributed by atoms with E-state index in [9.17, 15) is 9.90 Å². The molecule has 24 heavy (non-hydrogen) atoms. The van der Waals surface area contributed by atoms with E-state index in [1.165, 1.54) is 0 Å². The Labute approximate surface area is 143 Å². The third kappa shape index (κ3) is 5.18. The van der Waals surface area contributed by atoms with Gasteiger partial charge in [0.15, 0.2) is 0 Å². The van der Waals surface area contributed by atoms with Crippen molar-refractivity contribution in [3.63, 3.8) is 0 Å². The van der Waals surface area contributed by atoms with E-state index in [2.05, 4.69) is 6.92 Å². The summed E-state index contributed by atoms with van der Waals surface area (Å²) in [6, 6.07) is 9.65. The molecule has 0 aliphatic heterocycles. The molecular formula is C20H25NO3. The van der Waals surface area contributed by atoms with Crippen molar-refractivity contribution in [2.75, 3.05) is 6.61 Å². The zero-order valence-electron chi connectivity index (χ0n) is 14.0. The Hall–Kier alpha value is -2.17. The van der Waals surface area contributed by atoms with Gasteiger partial charge in [-0.3, -0.25) is 10.5 Å². The van der Waals surface area contributed by atoms with Crippen LogP contribution in [0.2, 0.25) is 0 Å². The van der Waals surface area contributed by atoms with E-state index in [1.54, 1.807) is 18.2 Å². The number of unbranched alkanes of at least 4 members (excludes halogenated alkanes) is 1. The molecule has 3 N–H and O–H groups in total. The first-order chi connectivity index (χ1) is 11.5. The molecule has 2 rings (SSSR count). The van der Waals surface area contributed by atoms with Crippen molar-refractivity contribution >= 4 is 12.0 Å². The molecule has 0 saturated carbocycles. The number of carboxylic acids is 1. The molecule has 0 amide bonds. The summed E-state index contributed by atoms with van der Waals surface area (Å²) in [6.45, 7) is 2.70. The second-order valence-electron chi connectivity index (χ2n) is 5.98. The predicted octanol–water partition coefficient (Wildman–Crippen LogP) is 3.76. The summed E-state index contributed by atoms with van der Waals surface area (Å²) >= 11 is 0. The summed E-state index contributed by atoms with van der Waals surface area (Å²) < 4.78 is 5.71. The molecule has 0 spiro atoms. The number of ether oxygens (including phenoxy) is 1. The molecule has 1 aromatic carbocycles. The molecule has 0 aromatic heterocycles. The molecule has 2 atom stereocenters. The lowest BCUT2D eigenvalue weighted by Gasteiger charge is -2.29. The second-order valence-corrected chi connectivity index (χ2v) is 5.98. The Kier molecular flexibility index (Phi) is 6.53. The minimum absolute atomic E-state index is 0.478. The van der Waals surface area contributed by atoms with Gasteiger partial charge in [-0.2, -0.15) is 0 Å². The average Bonchev–Trinajstić information content (AvgIpc) is 2.58. The lowest BCUT2D eigenvalue weighted by atomic mass is 9.90. The van der Waals surface area contributed by atoms with Crippen molar-refractivity contribution in [1.29, 1.82) is 0 Å². The number of carboxylic acid groups (broad SMARTS) is 1. The summed E-state index contributed by atoms with van der Waals surface area (Å²) in [7, 11) is 0. The maximum Gasteiger partial charge on any atom is 0.314 e. The molecule has 0 fully saturated rings. The van der Waals surface area contributed by atoms with Gasteiger partial charge in [0.25, 0.3) is 0 Å². The highest BCUT2D eigenvalue weighted by molar-refractivity contribution is 5.78. The van der Waals surface area contributed by atoms with Crippen LogP contribution in [0.4, 0.5) is 0 Å². The van der Waals surface area contributed by atoms with E-state index in [4.69, 9.17) is 10.5 Å². The van der Waals surface area contributed by atoms with Crippen molar-refractivity contribution in [1.82, 2.24) is 0 Å². The summed E-state index contributed by atoms with van der Waals surface area (Å²) in [5.41, 5.74) is 7.06. The van der Waals surface area contributed by atoms with Crippen molar-refractivity contribution in [3.8, 4) is 0 Å². The highest BCUT2D eigenvalue weighted by Gasteiger charge is 2.27. The SMILES string of the molecule is CCCCOC1(N)C=CC(C(C=Cc2ccccc2)C(=O)O)=CC1. The van der Waals surface area contributed by atoms with Crippen molar-refractivity contribution < 1.29 is 14.6 Å². The largest absolute Gasteiger partial charge is 0.481 e. The quantitative estimate of drug-likeness (QED) is 0.563. The Morgan fingerprint density at radius 1 is 1.42 bits per heavy atom. The van der Waals surface area contributed by atoms with Gasteiger partial charge in [0, 0.05) is 13.0 Å². The van der Waals surface area contributed by atoms with Crippen LogP contribution in [0.25, 0.3) is 6.08 Å². The van der Waals surface area contributed by atoms with Gasteiger partial charge in [-0.05, 0) is 23.6 Å². The lowest BCUT2D eigenvalue weighted by Crippen LogP contribution is -2.42. The molecule has 1 aromatic rings. The second kappa shape index (κ2) is 8.62. The number of rotatable bonds is 8. The van der Waals surface area contributed by atoms with Crippen LogP contribution < -0.4 is 5.73 Å². The van der Waals surface area contributed by atoms with E-state index < -0.39 is 17.6 Å². The first kappa shape index (κ1) is 18.2. The number of benzene rings is 1. The molecule has 0 saturated heterocycles. The average molecular weight is 327 g/mol. The smallest absolute Gasteiger partial charge is 0.314 e. The number of hydrogen-bond donors (Lipinski definition) is 2. The fraction of sp³-hybridized carbons (Fsp3) is 0.350. The lowest BCUT2D eigenvalue weighted by molar-refractivity contribution is -0.138. The van der Waals surface area contributed by atoms with Gasteiger partial charge >= 0.3 is 5.97 Å². The molecule has 1 aliphatic rings. The van der Waals surface area contributed by atoms with Crippen LogP contribution >= 0.6 is 0 Å². The van der Waals surface area contributed by atoms with Crippen LogP contribution in [0, 0.1) is 5.92 Å². The van der Waals surface area contributed by atoms with E-state index >= 15 is 0 Å². The van der Waals surface area contributed by atoms with Crippen LogP contribution in [-0.4, -0.2) is 23.4 Å². The molecule has 1 aliphatic carbocycles. The van der Waals surface area contributed by atoms with Crippen molar-refractivity contribution in [3.05, 3.63) is 65.8 Å². The van der Waals surface area contributed by atoms with Crippen molar-refractivity contribution in [2.24, 2.45) is 11.7 Å². The Balaban J connectivity index is 2.05. The predicted molar refractivity (Wildman–Crippen MR) is 96.2 cm³/mol. The summed E-state index contributed by atoms with van der Waals surface area (Å²) in [6.07, 6.45) is 11.4. The minimum Gasteiger partial charge on any atom is -0.481 e. The molecule has 4 nitrogen and oxygen atoms in total. The molecule has 4 heteroatoms. The standard InChI is InChI=1S/C20H25NO3/c1-2-3-15-24-20(21)13-11-17(12-14-20)18(19(22)23)10-9-16-7-5-4-6-8-16/h4-13,18H,2-3,14-15,21H2,1H3,(H,22,23). The van der Waals surface area contributed by atoms with Gasteiger partial charge in [0.1, 0.15) is 5.72 Å². The molecule has 0 heterocycles. The first-order valence-corrected chi connectivity index (χ1v) is 8.32. The molecule has 0 bridgehead atoms. The number of carbonyl (C=O) groups is 1. The van der Waals surface area contributed by atoms with Crippen LogP contribution in [0.3, 0.4) is 0 Å². The van der Waals surface area contributed by atoms with Gasteiger partial charge in [-0.25, -0.2) is 0 Å². The molecular weight excluding hydrogens is 302 g/mol. The highest BCUT2D eigenvalue weighted by atomic mass is 16.5. The summed E-state index contributed by atoms with van der Waals surface area (Å²) in [5.74, 6) is -1.57. The Bertz CT molecular complexity index is 634. The van der Waals surface area contributed by atoms with E-state index in [-0.39, 0.29) is 0 Å². The molecule has 0 radical (unpaired) electrons. The van der Waals surface area contributed by atoms with Gasteiger partial charge in [0.2, 0.25) is 0 Å². The van der Waals surface area contributed by atoms with Gasteiger partial charge in [-0.1, -0.05) is 68.0 Å². The van der Waals surface area contributed by atoms with Crippen molar-refractivity contribution in [2.45, 2.75) is 31.9 Å². The van der Waals surface area contributed by atoms with E-state index in [0.29, 0.717) is 13.0 Å². The number of hydrogen-bond acceptors (Lipinski definition) is 3. The van der Waals surface area contributed by atoms with Gasteiger partial charge in [-0.15, -0.1) is 0 Å².